The molecule has 4 rings (SSSR count). The van der Waals surface area contributed by atoms with Gasteiger partial charge in [0.1, 0.15) is 17.2 Å². The minimum Gasteiger partial charge on any atom is -0.461 e. The Balaban J connectivity index is 1.47. The Morgan fingerprint density at radius 3 is 2.67 bits per heavy atom. The average Bonchev–Trinajstić information content (AvgIpc) is 3.07. The van der Waals surface area contributed by atoms with E-state index >= 15 is 0 Å². The molecule has 27 heavy (non-hydrogen) atoms. The second-order valence-corrected chi connectivity index (χ2v) is 7.23. The largest absolute Gasteiger partial charge is 0.461 e. The molecule has 1 saturated heterocycles. The molecule has 1 aliphatic heterocycles. The predicted octanol–water partition coefficient (Wildman–Crippen LogP) is 3.43. The summed E-state index contributed by atoms with van der Waals surface area (Å²) in [7, 11) is 2.18. The lowest BCUT2D eigenvalue weighted by atomic mass is 10.1. The van der Waals surface area contributed by atoms with Gasteiger partial charge in [-0.1, -0.05) is 31.2 Å². The summed E-state index contributed by atoms with van der Waals surface area (Å²) in [6, 6.07) is 12.5. The number of benzene rings is 1. The Kier molecular flexibility index (Phi) is 5.41. The number of nitrogens with one attached hydrogen (secondary N) is 1. The third-order valence-corrected chi connectivity index (χ3v) is 5.39. The van der Waals surface area contributed by atoms with Crippen LogP contribution in [0.1, 0.15) is 23.8 Å². The Morgan fingerprint density at radius 2 is 1.85 bits per heavy atom. The molecule has 0 unspecified atom stereocenters. The van der Waals surface area contributed by atoms with E-state index in [1.165, 1.54) is 16.5 Å². The molecule has 1 fully saturated rings. The number of anilines is 1. The van der Waals surface area contributed by atoms with Crippen LogP contribution in [0, 0.1) is 0 Å². The molecule has 3 aromatic rings. The van der Waals surface area contributed by atoms with Crippen LogP contribution in [0.4, 0.5) is 5.82 Å². The zero-order valence-corrected chi connectivity index (χ0v) is 16.2. The van der Waals surface area contributed by atoms with Crippen LogP contribution in [0.3, 0.4) is 0 Å². The fraction of sp³-hybridized carbons (Fsp3) is 0.409. The predicted molar refractivity (Wildman–Crippen MR) is 110 cm³/mol. The van der Waals surface area contributed by atoms with Crippen LogP contribution in [-0.2, 0) is 19.5 Å². The van der Waals surface area contributed by atoms with Crippen molar-refractivity contribution in [3.8, 4) is 0 Å². The molecule has 0 spiro atoms. The van der Waals surface area contributed by atoms with Crippen molar-refractivity contribution in [1.29, 1.82) is 0 Å². The van der Waals surface area contributed by atoms with Gasteiger partial charge < -0.3 is 19.5 Å². The first kappa shape index (κ1) is 18.0. The van der Waals surface area contributed by atoms with Gasteiger partial charge in [-0.05, 0) is 19.2 Å². The zero-order chi connectivity index (χ0) is 18.6. The number of piperazine rings is 1. The number of nitrogens with zero attached hydrogens (tertiary/aromatic N) is 3. The first-order valence-corrected chi connectivity index (χ1v) is 9.83. The van der Waals surface area contributed by atoms with Crippen LogP contribution in [0.2, 0.25) is 0 Å². The van der Waals surface area contributed by atoms with Gasteiger partial charge in [0.15, 0.2) is 0 Å². The van der Waals surface area contributed by atoms with Crippen molar-refractivity contribution >= 4 is 16.8 Å². The maximum Gasteiger partial charge on any atom is 0.134 e. The molecule has 1 aromatic carbocycles. The van der Waals surface area contributed by atoms with Gasteiger partial charge in [0, 0.05) is 68.4 Å². The summed E-state index contributed by atoms with van der Waals surface area (Å²) in [6.45, 7) is 8.00. The lowest BCUT2D eigenvalue weighted by molar-refractivity contribution is 0.311. The summed E-state index contributed by atoms with van der Waals surface area (Å²) in [5.41, 5.74) is 3.51. The molecular formula is C22H28N4O. The van der Waals surface area contributed by atoms with Crippen molar-refractivity contribution in [2.45, 2.75) is 26.4 Å². The quantitative estimate of drug-likeness (QED) is 0.726. The molecule has 0 bridgehead atoms. The highest BCUT2D eigenvalue weighted by Crippen LogP contribution is 2.26. The summed E-state index contributed by atoms with van der Waals surface area (Å²) < 4.78 is 6.01. The van der Waals surface area contributed by atoms with E-state index in [0.29, 0.717) is 0 Å². The SMILES string of the molecule is CCc1oc2ccccc2c1CNCc1cccnc1N1CCN(C)CC1. The monoisotopic (exact) mass is 364 g/mol. The van der Waals surface area contributed by atoms with Crippen molar-refractivity contribution in [2.75, 3.05) is 38.1 Å². The minimum absolute atomic E-state index is 0.803. The van der Waals surface area contributed by atoms with Gasteiger partial charge in [0.05, 0.1) is 0 Å². The van der Waals surface area contributed by atoms with E-state index < -0.39 is 0 Å². The number of likely N-dealkylation sites (N-methyl/N-ethyl adjacent to an activating group) is 1. The van der Waals surface area contributed by atoms with Crippen LogP contribution < -0.4 is 10.2 Å². The minimum atomic E-state index is 0.803. The molecule has 2 aromatic heterocycles. The van der Waals surface area contributed by atoms with Gasteiger partial charge in [-0.3, -0.25) is 0 Å². The number of fused-ring (bicyclic) bond motifs is 1. The third kappa shape index (κ3) is 3.84. The maximum atomic E-state index is 6.01. The van der Waals surface area contributed by atoms with Gasteiger partial charge in [0.25, 0.3) is 0 Å². The van der Waals surface area contributed by atoms with Crippen LogP contribution in [0.5, 0.6) is 0 Å². The normalized spacial score (nSPS) is 15.6. The summed E-state index contributed by atoms with van der Waals surface area (Å²) in [5, 5.41) is 4.84. The second kappa shape index (κ2) is 8.11. The van der Waals surface area contributed by atoms with Crippen LogP contribution in [0.25, 0.3) is 11.0 Å². The van der Waals surface area contributed by atoms with E-state index in [9.17, 15) is 0 Å². The highest BCUT2D eigenvalue weighted by molar-refractivity contribution is 5.82. The standard InChI is InChI=1S/C22H28N4O/c1-3-20-19(18-8-4-5-9-21(18)27-20)16-23-15-17-7-6-10-24-22(17)26-13-11-25(2)12-14-26/h4-10,23H,3,11-16H2,1-2H3. The Hall–Kier alpha value is -2.37. The third-order valence-electron chi connectivity index (χ3n) is 5.39. The molecule has 1 N–H and O–H groups in total. The second-order valence-electron chi connectivity index (χ2n) is 7.23. The Labute approximate surface area is 161 Å². The molecule has 142 valence electrons. The summed E-state index contributed by atoms with van der Waals surface area (Å²) in [4.78, 5) is 9.45. The first-order valence-electron chi connectivity index (χ1n) is 9.83. The van der Waals surface area contributed by atoms with E-state index in [2.05, 4.69) is 52.3 Å². The lowest BCUT2D eigenvalue weighted by Crippen LogP contribution is -2.45. The molecule has 0 amide bonds. The smallest absolute Gasteiger partial charge is 0.134 e. The first-order chi connectivity index (χ1) is 13.3. The highest BCUT2D eigenvalue weighted by Gasteiger charge is 2.18. The van der Waals surface area contributed by atoms with E-state index in [0.717, 1.165) is 62.9 Å². The number of rotatable bonds is 6. The zero-order valence-electron chi connectivity index (χ0n) is 16.2. The van der Waals surface area contributed by atoms with E-state index in [1.54, 1.807) is 0 Å². The number of pyridine rings is 1. The van der Waals surface area contributed by atoms with E-state index in [1.807, 2.05) is 24.4 Å². The van der Waals surface area contributed by atoms with Gasteiger partial charge in [0.2, 0.25) is 0 Å². The highest BCUT2D eigenvalue weighted by atomic mass is 16.3. The number of aromatic nitrogens is 1. The van der Waals surface area contributed by atoms with Gasteiger partial charge in [-0.15, -0.1) is 0 Å². The van der Waals surface area contributed by atoms with Crippen LogP contribution >= 0.6 is 0 Å². The molecule has 1 aliphatic rings. The number of hydrogen-bond acceptors (Lipinski definition) is 5. The van der Waals surface area contributed by atoms with Crippen molar-refractivity contribution < 1.29 is 4.42 Å². The van der Waals surface area contributed by atoms with Gasteiger partial charge in [-0.2, -0.15) is 0 Å². The number of furan rings is 1. The van der Waals surface area contributed by atoms with Crippen molar-refractivity contribution in [3.63, 3.8) is 0 Å². The van der Waals surface area contributed by atoms with Crippen LogP contribution in [-0.4, -0.2) is 43.1 Å². The van der Waals surface area contributed by atoms with Crippen molar-refractivity contribution in [1.82, 2.24) is 15.2 Å². The fourth-order valence-corrected chi connectivity index (χ4v) is 3.82. The Bertz CT molecular complexity index is 896. The lowest BCUT2D eigenvalue weighted by Gasteiger charge is -2.34. The average molecular weight is 364 g/mol. The molecule has 5 heteroatoms. The fourth-order valence-electron chi connectivity index (χ4n) is 3.82. The summed E-state index contributed by atoms with van der Waals surface area (Å²) >= 11 is 0. The van der Waals surface area contributed by atoms with Crippen molar-refractivity contribution in [3.05, 3.63) is 59.5 Å². The number of aryl methyl sites for hydroxylation is 1. The topological polar surface area (TPSA) is 44.5 Å². The van der Waals surface area contributed by atoms with Gasteiger partial charge in [-0.25, -0.2) is 4.98 Å². The molecular weight excluding hydrogens is 336 g/mol. The molecule has 0 saturated carbocycles. The van der Waals surface area contributed by atoms with Crippen LogP contribution in [0.15, 0.2) is 47.0 Å². The number of hydrogen-bond donors (Lipinski definition) is 1. The number of para-hydroxylation sites is 1. The van der Waals surface area contributed by atoms with E-state index in [-0.39, 0.29) is 0 Å². The molecule has 0 aliphatic carbocycles. The molecule has 3 heterocycles. The van der Waals surface area contributed by atoms with E-state index in [4.69, 9.17) is 4.42 Å². The summed E-state index contributed by atoms with van der Waals surface area (Å²) in [6.07, 6.45) is 2.81. The van der Waals surface area contributed by atoms with Crippen molar-refractivity contribution in [2.24, 2.45) is 0 Å². The molecule has 5 nitrogen and oxygen atoms in total. The Morgan fingerprint density at radius 1 is 1.04 bits per heavy atom. The maximum absolute atomic E-state index is 6.01. The van der Waals surface area contributed by atoms with Gasteiger partial charge >= 0.3 is 0 Å². The molecule has 0 radical (unpaired) electrons. The molecule has 0 atom stereocenters. The summed E-state index contributed by atoms with van der Waals surface area (Å²) in [5.74, 6) is 2.19.